The predicted molar refractivity (Wildman–Crippen MR) is 86.5 cm³/mol. The molecule has 5 heteroatoms. The van der Waals surface area contributed by atoms with Crippen molar-refractivity contribution in [3.63, 3.8) is 0 Å². The largest absolute Gasteiger partial charge is 0.383 e. The van der Waals surface area contributed by atoms with E-state index in [1.165, 1.54) is 0 Å². The first-order valence-electron chi connectivity index (χ1n) is 7.67. The summed E-state index contributed by atoms with van der Waals surface area (Å²) in [5.41, 5.74) is 7.12. The van der Waals surface area contributed by atoms with E-state index in [9.17, 15) is 0 Å². The summed E-state index contributed by atoms with van der Waals surface area (Å²) in [6.45, 7) is 13.1. The quantitative estimate of drug-likeness (QED) is 0.896. The van der Waals surface area contributed by atoms with Crippen LogP contribution in [0.5, 0.6) is 0 Å². The van der Waals surface area contributed by atoms with Gasteiger partial charge < -0.3 is 15.8 Å². The number of nitrogens with one attached hydrogen (secondary N) is 1. The van der Waals surface area contributed by atoms with Gasteiger partial charge in [0.2, 0.25) is 0 Å². The molecule has 3 N–H and O–H groups in total. The first kappa shape index (κ1) is 16.0. The van der Waals surface area contributed by atoms with Crippen molar-refractivity contribution in [2.75, 3.05) is 30.8 Å². The molecule has 0 radical (unpaired) electrons. The third-order valence-corrected chi connectivity index (χ3v) is 4.24. The SMILES string of the molecule is Cc1c(N)nc(C(C)(C)C)nc1NCC1(C)CCOCC1. The highest BCUT2D eigenvalue weighted by Crippen LogP contribution is 2.31. The Hall–Kier alpha value is -1.36. The van der Waals surface area contributed by atoms with Gasteiger partial charge in [-0.05, 0) is 25.2 Å². The Kier molecular flexibility index (Phi) is 4.42. The average molecular weight is 292 g/mol. The van der Waals surface area contributed by atoms with E-state index in [4.69, 9.17) is 10.5 Å². The molecule has 0 amide bonds. The Morgan fingerprint density at radius 3 is 2.43 bits per heavy atom. The maximum absolute atomic E-state index is 6.05. The topological polar surface area (TPSA) is 73.1 Å². The summed E-state index contributed by atoms with van der Waals surface area (Å²) in [5.74, 6) is 2.21. The third-order valence-electron chi connectivity index (χ3n) is 4.24. The van der Waals surface area contributed by atoms with E-state index in [1.54, 1.807) is 0 Å². The van der Waals surface area contributed by atoms with Crippen molar-refractivity contribution in [1.82, 2.24) is 9.97 Å². The predicted octanol–water partition coefficient (Wildman–Crippen LogP) is 2.89. The van der Waals surface area contributed by atoms with Crippen LogP contribution in [0, 0.1) is 12.3 Å². The normalized spacial score (nSPS) is 18.5. The molecule has 1 aliphatic heterocycles. The van der Waals surface area contributed by atoms with Gasteiger partial charge >= 0.3 is 0 Å². The summed E-state index contributed by atoms with van der Waals surface area (Å²) in [4.78, 5) is 9.11. The Labute approximate surface area is 127 Å². The molecule has 0 aliphatic carbocycles. The van der Waals surface area contributed by atoms with Crippen LogP contribution in [-0.4, -0.2) is 29.7 Å². The van der Waals surface area contributed by atoms with E-state index in [0.29, 0.717) is 5.82 Å². The molecule has 0 atom stereocenters. The minimum absolute atomic E-state index is 0.110. The zero-order valence-electron chi connectivity index (χ0n) is 13.9. The van der Waals surface area contributed by atoms with E-state index >= 15 is 0 Å². The second-order valence-electron chi connectivity index (χ2n) is 7.43. The minimum Gasteiger partial charge on any atom is -0.383 e. The number of aromatic nitrogens is 2. The summed E-state index contributed by atoms with van der Waals surface area (Å²) >= 11 is 0. The first-order chi connectivity index (χ1) is 9.71. The van der Waals surface area contributed by atoms with Crippen LogP contribution in [-0.2, 0) is 10.2 Å². The van der Waals surface area contributed by atoms with Crippen LogP contribution < -0.4 is 11.1 Å². The van der Waals surface area contributed by atoms with Gasteiger partial charge in [0.1, 0.15) is 17.5 Å². The van der Waals surface area contributed by atoms with Crippen molar-refractivity contribution in [3.8, 4) is 0 Å². The molecule has 1 saturated heterocycles. The van der Waals surface area contributed by atoms with E-state index in [2.05, 4.69) is 43.0 Å². The van der Waals surface area contributed by atoms with Gasteiger partial charge in [-0.15, -0.1) is 0 Å². The number of rotatable bonds is 3. The second kappa shape index (κ2) is 5.79. The smallest absolute Gasteiger partial charge is 0.138 e. The lowest BCUT2D eigenvalue weighted by Crippen LogP contribution is -2.33. The fourth-order valence-corrected chi connectivity index (χ4v) is 2.38. The van der Waals surface area contributed by atoms with Crippen LogP contribution in [0.4, 0.5) is 11.6 Å². The van der Waals surface area contributed by atoms with Crippen LogP contribution in [0.25, 0.3) is 0 Å². The molecule has 1 aromatic heterocycles. The van der Waals surface area contributed by atoms with E-state index < -0.39 is 0 Å². The van der Waals surface area contributed by atoms with Crippen LogP contribution >= 0.6 is 0 Å². The monoisotopic (exact) mass is 292 g/mol. The number of hydrogen-bond donors (Lipinski definition) is 2. The van der Waals surface area contributed by atoms with Crippen molar-refractivity contribution in [3.05, 3.63) is 11.4 Å². The van der Waals surface area contributed by atoms with E-state index in [1.807, 2.05) is 6.92 Å². The summed E-state index contributed by atoms with van der Waals surface area (Å²) < 4.78 is 5.45. The van der Waals surface area contributed by atoms with Crippen LogP contribution in [0.3, 0.4) is 0 Å². The molecule has 1 aromatic rings. The van der Waals surface area contributed by atoms with Gasteiger partial charge in [-0.2, -0.15) is 0 Å². The van der Waals surface area contributed by atoms with E-state index in [0.717, 1.165) is 49.8 Å². The number of nitrogens with two attached hydrogens (primary N) is 1. The van der Waals surface area contributed by atoms with Crippen molar-refractivity contribution < 1.29 is 4.74 Å². The van der Waals surface area contributed by atoms with Crippen molar-refractivity contribution in [1.29, 1.82) is 0 Å². The number of hydrogen-bond acceptors (Lipinski definition) is 5. The molecule has 21 heavy (non-hydrogen) atoms. The molecule has 0 aromatic carbocycles. The highest BCUT2D eigenvalue weighted by molar-refractivity contribution is 5.55. The fourth-order valence-electron chi connectivity index (χ4n) is 2.38. The van der Waals surface area contributed by atoms with Gasteiger partial charge in [-0.3, -0.25) is 0 Å². The second-order valence-corrected chi connectivity index (χ2v) is 7.43. The lowest BCUT2D eigenvalue weighted by atomic mass is 9.82. The zero-order chi connectivity index (χ0) is 15.7. The lowest BCUT2D eigenvalue weighted by molar-refractivity contribution is 0.0299. The minimum atomic E-state index is -0.110. The molecule has 2 rings (SSSR count). The molecule has 0 bridgehead atoms. The molecular weight excluding hydrogens is 264 g/mol. The average Bonchev–Trinajstić information content (AvgIpc) is 2.40. The molecule has 0 spiro atoms. The standard InChI is InChI=1S/C16H28N4O/c1-11-12(17)19-14(15(2,3)4)20-13(11)18-10-16(5)6-8-21-9-7-16/h6-10H2,1-5H3,(H3,17,18,19,20). The summed E-state index contributed by atoms with van der Waals surface area (Å²) in [6.07, 6.45) is 2.15. The highest BCUT2D eigenvalue weighted by Gasteiger charge is 2.28. The molecule has 1 aliphatic rings. The van der Waals surface area contributed by atoms with Gasteiger partial charge in [0.05, 0.1) is 0 Å². The van der Waals surface area contributed by atoms with Crippen LogP contribution in [0.15, 0.2) is 0 Å². The number of nitrogen functional groups attached to an aromatic ring is 1. The van der Waals surface area contributed by atoms with Gasteiger partial charge in [0.25, 0.3) is 0 Å². The third kappa shape index (κ3) is 3.84. The summed E-state index contributed by atoms with van der Waals surface area (Å²) in [6, 6.07) is 0. The van der Waals surface area contributed by atoms with Gasteiger partial charge in [0, 0.05) is 30.7 Å². The first-order valence-corrected chi connectivity index (χ1v) is 7.67. The molecule has 5 nitrogen and oxygen atoms in total. The molecule has 118 valence electrons. The Bertz CT molecular complexity index is 502. The number of ether oxygens (including phenoxy) is 1. The van der Waals surface area contributed by atoms with Crippen molar-refractivity contribution in [2.45, 2.75) is 52.9 Å². The molecular formula is C16H28N4O. The van der Waals surface area contributed by atoms with Gasteiger partial charge in [-0.25, -0.2) is 9.97 Å². The Morgan fingerprint density at radius 2 is 1.86 bits per heavy atom. The van der Waals surface area contributed by atoms with Gasteiger partial charge in [0.15, 0.2) is 0 Å². The number of anilines is 2. The van der Waals surface area contributed by atoms with Crippen molar-refractivity contribution >= 4 is 11.6 Å². The Morgan fingerprint density at radius 1 is 1.24 bits per heavy atom. The Balaban J connectivity index is 2.17. The van der Waals surface area contributed by atoms with Crippen LogP contribution in [0.2, 0.25) is 0 Å². The molecule has 0 saturated carbocycles. The van der Waals surface area contributed by atoms with E-state index in [-0.39, 0.29) is 10.8 Å². The fraction of sp³-hybridized carbons (Fsp3) is 0.750. The number of nitrogens with zero attached hydrogens (tertiary/aromatic N) is 2. The summed E-state index contributed by atoms with van der Waals surface area (Å²) in [7, 11) is 0. The highest BCUT2D eigenvalue weighted by atomic mass is 16.5. The zero-order valence-corrected chi connectivity index (χ0v) is 13.9. The molecule has 0 unspecified atom stereocenters. The van der Waals surface area contributed by atoms with Crippen LogP contribution in [0.1, 0.15) is 51.9 Å². The van der Waals surface area contributed by atoms with Crippen molar-refractivity contribution in [2.24, 2.45) is 5.41 Å². The van der Waals surface area contributed by atoms with Gasteiger partial charge in [-0.1, -0.05) is 27.7 Å². The maximum atomic E-state index is 6.05. The summed E-state index contributed by atoms with van der Waals surface area (Å²) in [5, 5.41) is 3.49. The molecule has 1 fully saturated rings. The lowest BCUT2D eigenvalue weighted by Gasteiger charge is -2.34. The maximum Gasteiger partial charge on any atom is 0.138 e. The molecule has 2 heterocycles.